The van der Waals surface area contributed by atoms with Gasteiger partial charge in [0.1, 0.15) is 5.60 Å². The predicted molar refractivity (Wildman–Crippen MR) is 80.7 cm³/mol. The number of ether oxygens (including phenoxy) is 2. The van der Waals surface area contributed by atoms with Gasteiger partial charge in [-0.05, 0) is 44.0 Å². The molecule has 1 aliphatic rings. The maximum Gasteiger partial charge on any atom is 0.411 e. The minimum Gasteiger partial charge on any atom is -0.467 e. The molecule has 1 unspecified atom stereocenters. The molecule has 1 aromatic rings. The van der Waals surface area contributed by atoms with Gasteiger partial charge >= 0.3 is 12.1 Å². The van der Waals surface area contributed by atoms with Crippen LogP contribution in [0.4, 0.5) is 4.79 Å². The summed E-state index contributed by atoms with van der Waals surface area (Å²) in [5.74, 6) is -0.470. The van der Waals surface area contributed by atoms with Crippen LogP contribution in [0.25, 0.3) is 0 Å². The molecule has 0 fully saturated rings. The van der Waals surface area contributed by atoms with E-state index in [1.165, 1.54) is 12.0 Å². The summed E-state index contributed by atoms with van der Waals surface area (Å²) in [6.07, 6.45) is -0.523. The Bertz CT molecular complexity index is 580. The predicted octanol–water partition coefficient (Wildman–Crippen LogP) is 3.41. The molecule has 0 saturated heterocycles. The molecule has 1 aromatic carbocycles. The van der Waals surface area contributed by atoms with E-state index in [0.29, 0.717) is 6.54 Å². The number of rotatable bonds is 1. The van der Waals surface area contributed by atoms with E-state index in [1.54, 1.807) is 20.8 Å². The maximum absolute atomic E-state index is 12.3. The number of esters is 1. The highest BCUT2D eigenvalue weighted by Crippen LogP contribution is 2.36. The van der Waals surface area contributed by atoms with Gasteiger partial charge in [-0.3, -0.25) is 4.90 Å². The number of fused-ring (bicyclic) bond motifs is 1. The highest BCUT2D eigenvalue weighted by Gasteiger charge is 2.41. The average Bonchev–Trinajstić information content (AvgIpc) is 2.74. The van der Waals surface area contributed by atoms with Gasteiger partial charge < -0.3 is 9.47 Å². The number of halogens is 1. The third-order valence-electron chi connectivity index (χ3n) is 3.10. The van der Waals surface area contributed by atoms with Crippen molar-refractivity contribution in [3.8, 4) is 0 Å². The van der Waals surface area contributed by atoms with E-state index in [9.17, 15) is 9.59 Å². The quantitative estimate of drug-likeness (QED) is 0.724. The summed E-state index contributed by atoms with van der Waals surface area (Å²) in [7, 11) is 1.31. The highest BCUT2D eigenvalue weighted by atomic mass is 79.9. The van der Waals surface area contributed by atoms with Gasteiger partial charge in [0.2, 0.25) is 0 Å². The summed E-state index contributed by atoms with van der Waals surface area (Å²) in [6, 6.07) is 4.81. The van der Waals surface area contributed by atoms with E-state index in [1.807, 2.05) is 18.2 Å². The normalized spacial score (nSPS) is 17.4. The highest BCUT2D eigenvalue weighted by molar-refractivity contribution is 9.10. The first-order chi connectivity index (χ1) is 9.73. The van der Waals surface area contributed by atoms with Crippen molar-refractivity contribution in [1.29, 1.82) is 0 Å². The van der Waals surface area contributed by atoms with Crippen LogP contribution in [-0.4, -0.2) is 29.7 Å². The van der Waals surface area contributed by atoms with Crippen molar-refractivity contribution in [2.75, 3.05) is 7.11 Å². The number of hydrogen-bond donors (Lipinski definition) is 0. The zero-order valence-corrected chi connectivity index (χ0v) is 14.1. The molecular weight excluding hydrogens is 338 g/mol. The van der Waals surface area contributed by atoms with Crippen molar-refractivity contribution in [2.24, 2.45) is 0 Å². The summed E-state index contributed by atoms with van der Waals surface area (Å²) in [6.45, 7) is 5.69. The second-order valence-corrected chi connectivity index (χ2v) is 6.79. The Morgan fingerprint density at radius 2 is 2.00 bits per heavy atom. The third-order valence-corrected chi connectivity index (χ3v) is 3.60. The Kier molecular flexibility index (Phi) is 4.27. The monoisotopic (exact) mass is 355 g/mol. The molecule has 0 aliphatic carbocycles. The van der Waals surface area contributed by atoms with E-state index in [4.69, 9.17) is 9.47 Å². The molecule has 0 radical (unpaired) electrons. The molecule has 5 nitrogen and oxygen atoms in total. The van der Waals surface area contributed by atoms with Gasteiger partial charge in [-0.15, -0.1) is 0 Å². The molecule has 1 heterocycles. The summed E-state index contributed by atoms with van der Waals surface area (Å²) in [5, 5.41) is 0. The van der Waals surface area contributed by atoms with Crippen LogP contribution < -0.4 is 0 Å². The lowest BCUT2D eigenvalue weighted by Gasteiger charge is -2.27. The Labute approximate surface area is 132 Å². The van der Waals surface area contributed by atoms with Crippen LogP contribution in [0.2, 0.25) is 0 Å². The van der Waals surface area contributed by atoms with Gasteiger partial charge in [0.05, 0.1) is 13.7 Å². The second-order valence-electron chi connectivity index (χ2n) is 5.88. The third kappa shape index (κ3) is 3.37. The second kappa shape index (κ2) is 5.67. The molecule has 6 heteroatoms. The molecule has 1 atom stereocenters. The van der Waals surface area contributed by atoms with Gasteiger partial charge in [-0.25, -0.2) is 9.59 Å². The van der Waals surface area contributed by atoms with E-state index < -0.39 is 23.7 Å². The van der Waals surface area contributed by atoms with Crippen molar-refractivity contribution < 1.29 is 19.1 Å². The Morgan fingerprint density at radius 1 is 1.33 bits per heavy atom. The summed E-state index contributed by atoms with van der Waals surface area (Å²) in [4.78, 5) is 25.8. The maximum atomic E-state index is 12.3. The van der Waals surface area contributed by atoms with Crippen LogP contribution in [0.3, 0.4) is 0 Å². The lowest BCUT2D eigenvalue weighted by atomic mass is 10.1. The van der Waals surface area contributed by atoms with Gasteiger partial charge in [0, 0.05) is 4.47 Å². The average molecular weight is 356 g/mol. The summed E-state index contributed by atoms with van der Waals surface area (Å²) < 4.78 is 11.1. The molecular formula is C15H18BrNO4. The number of carbonyl (C=O) groups is 2. The van der Waals surface area contributed by atoms with Crippen molar-refractivity contribution in [3.63, 3.8) is 0 Å². The van der Waals surface area contributed by atoms with Gasteiger partial charge in [0.15, 0.2) is 6.04 Å². The van der Waals surface area contributed by atoms with Gasteiger partial charge in [-0.2, -0.15) is 0 Å². The van der Waals surface area contributed by atoms with E-state index >= 15 is 0 Å². The standard InChI is InChI=1S/C15H18BrNO4/c1-15(2,3)21-14(19)17-8-9-7-10(16)5-6-11(9)12(17)13(18)20-4/h5-7,12H,8H2,1-4H3. The minimum absolute atomic E-state index is 0.323. The largest absolute Gasteiger partial charge is 0.467 e. The van der Waals surface area contributed by atoms with Crippen molar-refractivity contribution >= 4 is 28.0 Å². The Hall–Kier alpha value is -1.56. The first kappa shape index (κ1) is 15.8. The van der Waals surface area contributed by atoms with E-state index in [2.05, 4.69) is 15.9 Å². The number of benzene rings is 1. The van der Waals surface area contributed by atoms with Crippen LogP contribution in [0.15, 0.2) is 22.7 Å². The summed E-state index contributed by atoms with van der Waals surface area (Å²) >= 11 is 3.39. The van der Waals surface area contributed by atoms with Crippen LogP contribution in [0.1, 0.15) is 37.9 Å². The first-order valence-electron chi connectivity index (χ1n) is 6.58. The minimum atomic E-state index is -0.757. The molecule has 0 bridgehead atoms. The fourth-order valence-electron chi connectivity index (χ4n) is 2.28. The number of carbonyl (C=O) groups excluding carboxylic acids is 2. The Balaban J connectivity index is 2.35. The van der Waals surface area contributed by atoms with Crippen molar-refractivity contribution in [2.45, 2.75) is 39.0 Å². The molecule has 0 aromatic heterocycles. The van der Waals surface area contributed by atoms with E-state index in [-0.39, 0.29) is 0 Å². The zero-order valence-electron chi connectivity index (χ0n) is 12.5. The molecule has 21 heavy (non-hydrogen) atoms. The van der Waals surface area contributed by atoms with Crippen LogP contribution >= 0.6 is 15.9 Å². The molecule has 1 amide bonds. The molecule has 114 valence electrons. The number of methoxy groups -OCH3 is 1. The molecule has 0 saturated carbocycles. The fourth-order valence-corrected chi connectivity index (χ4v) is 2.69. The molecule has 2 rings (SSSR count). The topological polar surface area (TPSA) is 55.8 Å². The smallest absolute Gasteiger partial charge is 0.411 e. The van der Waals surface area contributed by atoms with Gasteiger partial charge in [-0.1, -0.05) is 22.0 Å². The molecule has 1 aliphatic heterocycles. The zero-order chi connectivity index (χ0) is 15.8. The molecule has 0 N–H and O–H groups in total. The van der Waals surface area contributed by atoms with E-state index in [0.717, 1.165) is 15.6 Å². The van der Waals surface area contributed by atoms with Crippen LogP contribution in [0.5, 0.6) is 0 Å². The summed E-state index contributed by atoms with van der Waals surface area (Å²) in [5.41, 5.74) is 1.06. The fraction of sp³-hybridized carbons (Fsp3) is 0.467. The lowest BCUT2D eigenvalue weighted by Crippen LogP contribution is -2.38. The van der Waals surface area contributed by atoms with Crippen molar-refractivity contribution in [3.05, 3.63) is 33.8 Å². The SMILES string of the molecule is COC(=O)C1c2ccc(Br)cc2CN1C(=O)OC(C)(C)C. The van der Waals surface area contributed by atoms with Crippen LogP contribution in [-0.2, 0) is 20.8 Å². The van der Waals surface area contributed by atoms with Crippen molar-refractivity contribution in [1.82, 2.24) is 4.90 Å². The molecule has 0 spiro atoms. The van der Waals surface area contributed by atoms with Crippen LogP contribution in [0, 0.1) is 0 Å². The number of hydrogen-bond acceptors (Lipinski definition) is 4. The number of amides is 1. The number of nitrogens with zero attached hydrogens (tertiary/aromatic N) is 1. The van der Waals surface area contributed by atoms with Gasteiger partial charge in [0.25, 0.3) is 0 Å². The lowest BCUT2D eigenvalue weighted by molar-refractivity contribution is -0.146. The Morgan fingerprint density at radius 3 is 2.57 bits per heavy atom. The first-order valence-corrected chi connectivity index (χ1v) is 7.38.